The van der Waals surface area contributed by atoms with Crippen LogP contribution in [0.3, 0.4) is 0 Å². The number of aryl methyl sites for hydroxylation is 1. The fourth-order valence-corrected chi connectivity index (χ4v) is 4.97. The van der Waals surface area contributed by atoms with Gasteiger partial charge in [-0.05, 0) is 31.0 Å². The lowest BCUT2D eigenvalue weighted by molar-refractivity contribution is 0.400. The van der Waals surface area contributed by atoms with Crippen LogP contribution in [0, 0.1) is 11.3 Å². The number of ether oxygens (including phenoxy) is 2. The summed E-state index contributed by atoms with van der Waals surface area (Å²) in [6, 6.07) is 8.10. The van der Waals surface area contributed by atoms with Crippen LogP contribution in [0.25, 0.3) is 11.3 Å². The topological polar surface area (TPSA) is 76.2 Å². The van der Waals surface area contributed by atoms with Crippen LogP contribution in [-0.2, 0) is 13.0 Å². The minimum atomic E-state index is 0. The lowest BCUT2D eigenvalue weighted by atomic mass is 10.1. The van der Waals surface area contributed by atoms with E-state index in [0.717, 1.165) is 59.4 Å². The van der Waals surface area contributed by atoms with Gasteiger partial charge in [0.1, 0.15) is 34.0 Å². The Morgan fingerprint density at radius 2 is 2.09 bits per heavy atom. The minimum absolute atomic E-state index is 0. The molecule has 0 saturated heterocycles. The Morgan fingerprint density at radius 1 is 1.25 bits per heavy atom. The van der Waals surface area contributed by atoms with Gasteiger partial charge in [-0.3, -0.25) is 0 Å². The van der Waals surface area contributed by atoms with Crippen LogP contribution in [0.2, 0.25) is 0 Å². The van der Waals surface area contributed by atoms with Crippen LogP contribution in [0.4, 0.5) is 0 Å². The van der Waals surface area contributed by atoms with Crippen molar-refractivity contribution in [1.29, 1.82) is 5.26 Å². The highest BCUT2D eigenvalue weighted by molar-refractivity contribution is 8.93. The second-order valence-corrected chi connectivity index (χ2v) is 8.14. The normalized spacial score (nSPS) is 16.8. The second kappa shape index (κ2) is 10.7. The van der Waals surface area contributed by atoms with Crippen molar-refractivity contribution in [2.75, 3.05) is 20.8 Å². The smallest absolute Gasteiger partial charge is 0.177 e. The summed E-state index contributed by atoms with van der Waals surface area (Å²) in [5.74, 6) is 3.07. The van der Waals surface area contributed by atoms with Crippen molar-refractivity contribution in [3.05, 3.63) is 58.5 Å². The van der Waals surface area contributed by atoms with E-state index in [-0.39, 0.29) is 17.0 Å². The molecule has 2 aliphatic heterocycles. The number of allylic oxidation sites excluding steroid dienone is 1. The van der Waals surface area contributed by atoms with Gasteiger partial charge in [0.25, 0.3) is 0 Å². The van der Waals surface area contributed by atoms with Crippen molar-refractivity contribution in [2.45, 2.75) is 32.2 Å². The number of nitriles is 1. The second-order valence-electron chi connectivity index (χ2n) is 7.28. The van der Waals surface area contributed by atoms with Crippen LogP contribution >= 0.6 is 28.7 Å². The quantitative estimate of drug-likeness (QED) is 0.394. The highest BCUT2D eigenvalue weighted by Crippen LogP contribution is 2.45. The molecule has 4 rings (SSSR count). The van der Waals surface area contributed by atoms with E-state index in [2.05, 4.69) is 32.3 Å². The van der Waals surface area contributed by atoms with Crippen LogP contribution < -0.4 is 9.47 Å². The van der Waals surface area contributed by atoms with Crippen molar-refractivity contribution < 1.29 is 9.47 Å². The van der Waals surface area contributed by atoms with E-state index >= 15 is 0 Å². The third-order valence-electron chi connectivity index (χ3n) is 5.47. The molecule has 1 aromatic heterocycles. The molecule has 0 unspecified atom stereocenters. The van der Waals surface area contributed by atoms with Gasteiger partial charge in [0.2, 0.25) is 0 Å². The highest BCUT2D eigenvalue weighted by Gasteiger charge is 2.30. The van der Waals surface area contributed by atoms with Crippen LogP contribution in [0.5, 0.6) is 11.5 Å². The molecule has 0 bridgehead atoms. The zero-order chi connectivity index (χ0) is 21.8. The summed E-state index contributed by atoms with van der Waals surface area (Å²) in [6.45, 7) is 5.30. The molecule has 2 aromatic rings. The Kier molecular flexibility index (Phi) is 8.04. The first-order valence-corrected chi connectivity index (χ1v) is 11.1. The van der Waals surface area contributed by atoms with Gasteiger partial charge in [0, 0.05) is 30.5 Å². The molecule has 32 heavy (non-hydrogen) atoms. The zero-order valence-electron chi connectivity index (χ0n) is 18.2. The predicted octanol–water partition coefficient (Wildman–Crippen LogP) is 5.03. The maximum Gasteiger partial charge on any atom is 0.177 e. The van der Waals surface area contributed by atoms with Gasteiger partial charge in [0.05, 0.1) is 19.9 Å². The Labute approximate surface area is 203 Å². The van der Waals surface area contributed by atoms with E-state index in [1.54, 1.807) is 14.2 Å². The third kappa shape index (κ3) is 4.43. The zero-order valence-corrected chi connectivity index (χ0v) is 20.7. The van der Waals surface area contributed by atoms with Gasteiger partial charge in [-0.2, -0.15) is 5.26 Å². The molecule has 2 aliphatic rings. The van der Waals surface area contributed by atoms with Gasteiger partial charge in [-0.15, -0.1) is 33.8 Å². The molecule has 3 heterocycles. The first kappa shape index (κ1) is 24.0. The Balaban J connectivity index is 0.00000289. The Bertz CT molecular complexity index is 1100. The molecule has 0 spiro atoms. The standard InChI is InChI=1S/C23H25N5O2S.BrH/c1-4-11-27-19(17-13-16(29-2)9-10-20(17)30-3)15-31-23(27)18(14-24)22-26-25-21-8-6-5-7-12-28(21)22;/h4,9-10,13,15H,1,5-8,11-12H2,2-3H3;1H. The summed E-state index contributed by atoms with van der Waals surface area (Å²) in [5, 5.41) is 21.8. The largest absolute Gasteiger partial charge is 0.497 e. The molecule has 7 nitrogen and oxygen atoms in total. The molecule has 1 aromatic carbocycles. The summed E-state index contributed by atoms with van der Waals surface area (Å²) in [7, 11) is 3.29. The molecule has 0 amide bonds. The first-order chi connectivity index (χ1) is 15.2. The predicted molar refractivity (Wildman–Crippen MR) is 132 cm³/mol. The number of halogens is 1. The van der Waals surface area contributed by atoms with Crippen molar-refractivity contribution in [3.63, 3.8) is 0 Å². The molecule has 168 valence electrons. The lowest BCUT2D eigenvalue weighted by Crippen LogP contribution is -2.19. The summed E-state index contributed by atoms with van der Waals surface area (Å²) < 4.78 is 13.1. The number of rotatable bonds is 6. The van der Waals surface area contributed by atoms with E-state index < -0.39 is 0 Å². The van der Waals surface area contributed by atoms with E-state index in [9.17, 15) is 5.26 Å². The van der Waals surface area contributed by atoms with Gasteiger partial charge in [-0.25, -0.2) is 0 Å². The molecule has 0 saturated carbocycles. The third-order valence-corrected chi connectivity index (χ3v) is 6.46. The fourth-order valence-electron chi connectivity index (χ4n) is 3.94. The Hall–Kier alpha value is -2.70. The van der Waals surface area contributed by atoms with Gasteiger partial charge in [-0.1, -0.05) is 24.3 Å². The molecule has 0 fully saturated rings. The average Bonchev–Trinajstić information content (AvgIpc) is 3.31. The van der Waals surface area contributed by atoms with Crippen molar-refractivity contribution in [2.24, 2.45) is 0 Å². The summed E-state index contributed by atoms with van der Waals surface area (Å²) in [4.78, 5) is 2.08. The van der Waals surface area contributed by atoms with Crippen LogP contribution in [0.1, 0.15) is 36.5 Å². The number of hydrogen-bond acceptors (Lipinski definition) is 7. The summed E-state index contributed by atoms with van der Waals surface area (Å²) >= 11 is 1.51. The van der Waals surface area contributed by atoms with E-state index in [0.29, 0.717) is 17.9 Å². The minimum Gasteiger partial charge on any atom is -0.497 e. The van der Waals surface area contributed by atoms with Crippen molar-refractivity contribution >= 4 is 40.0 Å². The monoisotopic (exact) mass is 515 g/mol. The number of hydrogen-bond donors (Lipinski definition) is 0. The van der Waals surface area contributed by atoms with Crippen LogP contribution in [0.15, 0.2) is 41.3 Å². The number of methoxy groups -OCH3 is 2. The Morgan fingerprint density at radius 3 is 2.81 bits per heavy atom. The highest BCUT2D eigenvalue weighted by atomic mass is 79.9. The SMILES string of the molecule is Br.C=CCN1C(c2cc(OC)ccc2OC)=CSC1=C(C#N)c1nnc2n1CCCCC2. The number of benzene rings is 1. The fraction of sp³-hybridized carbons (Fsp3) is 0.348. The molecule has 9 heteroatoms. The molecule has 0 N–H and O–H groups in total. The molecular formula is C23H26BrN5O2S. The molecule has 0 aliphatic carbocycles. The number of nitrogens with zero attached hydrogens (tertiary/aromatic N) is 5. The van der Waals surface area contributed by atoms with E-state index in [1.807, 2.05) is 29.7 Å². The summed E-state index contributed by atoms with van der Waals surface area (Å²) in [6.07, 6.45) is 6.07. The summed E-state index contributed by atoms with van der Waals surface area (Å²) in [5.41, 5.74) is 2.35. The van der Waals surface area contributed by atoms with Gasteiger partial charge >= 0.3 is 0 Å². The van der Waals surface area contributed by atoms with Crippen molar-refractivity contribution in [3.8, 4) is 17.6 Å². The van der Waals surface area contributed by atoms with E-state index in [1.165, 1.54) is 18.2 Å². The maximum absolute atomic E-state index is 10.1. The van der Waals surface area contributed by atoms with Gasteiger partial charge in [0.15, 0.2) is 5.82 Å². The maximum atomic E-state index is 10.1. The van der Waals surface area contributed by atoms with E-state index in [4.69, 9.17) is 9.47 Å². The number of thioether (sulfide) groups is 1. The molecule has 0 radical (unpaired) electrons. The molecular weight excluding hydrogens is 490 g/mol. The van der Waals surface area contributed by atoms with Gasteiger partial charge < -0.3 is 18.9 Å². The van der Waals surface area contributed by atoms with Crippen LogP contribution in [-0.4, -0.2) is 40.4 Å². The molecule has 0 atom stereocenters. The number of fused-ring (bicyclic) bond motifs is 1. The van der Waals surface area contributed by atoms with Crippen molar-refractivity contribution in [1.82, 2.24) is 19.7 Å². The number of aromatic nitrogens is 3. The average molecular weight is 516 g/mol. The first-order valence-electron chi connectivity index (χ1n) is 10.3. The lowest BCUT2D eigenvalue weighted by Gasteiger charge is -2.24.